The maximum atomic E-state index is 8.71. The Bertz CT molecular complexity index is 537. The molecule has 0 amide bonds. The molecule has 84 valence electrons. The largest absolute Gasteiger partial charge is 0.361 e. The van der Waals surface area contributed by atoms with Crippen LogP contribution in [0.1, 0.15) is 38.7 Å². The van der Waals surface area contributed by atoms with Crippen molar-refractivity contribution in [1.29, 1.82) is 5.26 Å². The van der Waals surface area contributed by atoms with Gasteiger partial charge in [-0.2, -0.15) is 5.26 Å². The highest BCUT2D eigenvalue weighted by Gasteiger charge is 2.07. The van der Waals surface area contributed by atoms with Gasteiger partial charge < -0.3 is 4.98 Å². The smallest absolute Gasteiger partial charge is 0.0670 e. The Hall–Kier alpha value is -1.75. The van der Waals surface area contributed by atoms with E-state index < -0.39 is 0 Å². The zero-order chi connectivity index (χ0) is 11.5. The molecular weight excluding hydrogens is 196 g/mol. The van der Waals surface area contributed by atoms with Crippen molar-refractivity contribution in [2.75, 3.05) is 0 Å². The fourth-order valence-electron chi connectivity index (χ4n) is 1.98. The van der Waals surface area contributed by atoms with E-state index in [1.165, 1.54) is 10.9 Å². The third-order valence-electron chi connectivity index (χ3n) is 3.24. The molecule has 0 aliphatic heterocycles. The number of fused-ring (bicyclic) bond motifs is 1. The van der Waals surface area contributed by atoms with Crippen molar-refractivity contribution in [3.05, 3.63) is 35.5 Å². The minimum absolute atomic E-state index is 0. The van der Waals surface area contributed by atoms with Crippen molar-refractivity contribution >= 4 is 10.9 Å². The van der Waals surface area contributed by atoms with E-state index in [-0.39, 0.29) is 1.43 Å². The molecule has 1 atom stereocenters. The lowest BCUT2D eigenvalue weighted by atomic mass is 9.97. The highest BCUT2D eigenvalue weighted by molar-refractivity contribution is 5.84. The summed E-state index contributed by atoms with van der Waals surface area (Å²) in [5, 5.41) is 9.89. The molecule has 0 bridgehead atoms. The highest BCUT2D eigenvalue weighted by atomic mass is 14.7. The zero-order valence-electron chi connectivity index (χ0n) is 9.75. The van der Waals surface area contributed by atoms with Crippen LogP contribution in [0.5, 0.6) is 0 Å². The van der Waals surface area contributed by atoms with Crippen LogP contribution < -0.4 is 0 Å². The van der Waals surface area contributed by atoms with E-state index in [9.17, 15) is 0 Å². The molecule has 2 aromatic rings. The SMILES string of the molecule is CCC(C)c1ccc2c(CC#N)c[nH]c2c1.[HH]. The topological polar surface area (TPSA) is 39.6 Å². The van der Waals surface area contributed by atoms with Gasteiger partial charge in [0.05, 0.1) is 12.5 Å². The molecule has 2 heteroatoms. The van der Waals surface area contributed by atoms with Crippen LogP contribution in [0.15, 0.2) is 24.4 Å². The fraction of sp³-hybridized carbons (Fsp3) is 0.357. The first kappa shape index (κ1) is 10.8. The van der Waals surface area contributed by atoms with Gasteiger partial charge in [0.15, 0.2) is 0 Å². The quantitative estimate of drug-likeness (QED) is 0.824. The van der Waals surface area contributed by atoms with Crippen molar-refractivity contribution in [1.82, 2.24) is 4.98 Å². The Morgan fingerprint density at radius 3 is 3.00 bits per heavy atom. The Labute approximate surface area is 97.4 Å². The van der Waals surface area contributed by atoms with Gasteiger partial charge in [-0.25, -0.2) is 0 Å². The van der Waals surface area contributed by atoms with Gasteiger partial charge in [-0.3, -0.25) is 0 Å². The van der Waals surface area contributed by atoms with Crippen molar-refractivity contribution < 1.29 is 1.43 Å². The maximum absolute atomic E-state index is 8.71. The molecule has 2 rings (SSSR count). The molecule has 0 saturated heterocycles. The number of nitriles is 1. The molecule has 0 radical (unpaired) electrons. The van der Waals surface area contributed by atoms with Crippen LogP contribution in [0.25, 0.3) is 10.9 Å². The van der Waals surface area contributed by atoms with Crippen LogP contribution in [-0.4, -0.2) is 4.98 Å². The average Bonchev–Trinajstić information content (AvgIpc) is 2.71. The van der Waals surface area contributed by atoms with Gasteiger partial charge in [-0.15, -0.1) is 0 Å². The van der Waals surface area contributed by atoms with Crippen molar-refractivity contribution in [2.24, 2.45) is 0 Å². The number of aromatic nitrogens is 1. The summed E-state index contributed by atoms with van der Waals surface area (Å²) in [6.07, 6.45) is 3.56. The molecule has 0 fully saturated rings. The first-order valence-corrected chi connectivity index (χ1v) is 5.73. The molecule has 0 aliphatic rings. The summed E-state index contributed by atoms with van der Waals surface area (Å²) in [4.78, 5) is 3.24. The normalized spacial score (nSPS) is 12.6. The van der Waals surface area contributed by atoms with Gasteiger partial charge in [0.2, 0.25) is 0 Å². The van der Waals surface area contributed by atoms with Crippen LogP contribution >= 0.6 is 0 Å². The second-order valence-corrected chi connectivity index (χ2v) is 4.26. The van der Waals surface area contributed by atoms with Gasteiger partial charge in [-0.1, -0.05) is 26.0 Å². The van der Waals surface area contributed by atoms with E-state index in [1.807, 2.05) is 6.20 Å². The lowest BCUT2D eigenvalue weighted by molar-refractivity contribution is 0.734. The van der Waals surface area contributed by atoms with Gasteiger partial charge in [-0.05, 0) is 29.5 Å². The number of rotatable bonds is 3. The molecule has 0 aliphatic carbocycles. The molecule has 2 nitrogen and oxygen atoms in total. The van der Waals surface area contributed by atoms with Crippen LogP contribution in [0.2, 0.25) is 0 Å². The summed E-state index contributed by atoms with van der Waals surface area (Å²) in [6.45, 7) is 4.44. The summed E-state index contributed by atoms with van der Waals surface area (Å²) >= 11 is 0. The van der Waals surface area contributed by atoms with Crippen LogP contribution in [0.4, 0.5) is 0 Å². The first-order valence-electron chi connectivity index (χ1n) is 5.73. The van der Waals surface area contributed by atoms with Gasteiger partial charge in [0.1, 0.15) is 0 Å². The number of nitrogens with zero attached hydrogens (tertiary/aromatic N) is 1. The van der Waals surface area contributed by atoms with Crippen LogP contribution in [0, 0.1) is 11.3 Å². The van der Waals surface area contributed by atoms with E-state index in [0.717, 1.165) is 17.5 Å². The number of H-pyrrole nitrogens is 1. The third-order valence-corrected chi connectivity index (χ3v) is 3.24. The minimum Gasteiger partial charge on any atom is -0.361 e. The van der Waals surface area contributed by atoms with E-state index in [0.29, 0.717) is 12.3 Å². The summed E-state index contributed by atoms with van der Waals surface area (Å²) in [6, 6.07) is 8.69. The third kappa shape index (κ3) is 1.81. The van der Waals surface area contributed by atoms with Gasteiger partial charge in [0.25, 0.3) is 0 Å². The van der Waals surface area contributed by atoms with Gasteiger partial charge >= 0.3 is 0 Å². The van der Waals surface area contributed by atoms with E-state index in [2.05, 4.69) is 43.1 Å². The van der Waals surface area contributed by atoms with Crippen molar-refractivity contribution in [3.8, 4) is 6.07 Å². The molecule has 1 N–H and O–H groups in total. The zero-order valence-corrected chi connectivity index (χ0v) is 9.75. The lowest BCUT2D eigenvalue weighted by Crippen LogP contribution is -1.90. The summed E-state index contributed by atoms with van der Waals surface area (Å²) in [5.41, 5.74) is 3.59. The molecule has 1 unspecified atom stereocenters. The predicted octanol–water partition coefficient (Wildman–Crippen LogP) is 3.99. The van der Waals surface area contributed by atoms with Crippen LogP contribution in [-0.2, 0) is 6.42 Å². The number of nitrogens with one attached hydrogen (secondary N) is 1. The lowest BCUT2D eigenvalue weighted by Gasteiger charge is -2.08. The van der Waals surface area contributed by atoms with Crippen LogP contribution in [0.3, 0.4) is 0 Å². The number of benzene rings is 1. The maximum Gasteiger partial charge on any atom is 0.0670 e. The second-order valence-electron chi connectivity index (χ2n) is 4.26. The molecule has 1 aromatic carbocycles. The van der Waals surface area contributed by atoms with Crippen molar-refractivity contribution in [2.45, 2.75) is 32.6 Å². The monoisotopic (exact) mass is 214 g/mol. The van der Waals surface area contributed by atoms with E-state index >= 15 is 0 Å². The molecule has 0 saturated carbocycles. The molecule has 1 heterocycles. The number of hydrogen-bond acceptors (Lipinski definition) is 1. The summed E-state index contributed by atoms with van der Waals surface area (Å²) in [5.74, 6) is 0.590. The number of hydrogen-bond donors (Lipinski definition) is 1. The fourth-order valence-corrected chi connectivity index (χ4v) is 1.98. The minimum atomic E-state index is 0. The Kier molecular flexibility index (Phi) is 2.96. The molecule has 1 aromatic heterocycles. The Balaban J connectivity index is 0.00000144. The summed E-state index contributed by atoms with van der Waals surface area (Å²) < 4.78 is 0. The molecule has 16 heavy (non-hydrogen) atoms. The Morgan fingerprint density at radius 2 is 2.31 bits per heavy atom. The average molecular weight is 214 g/mol. The standard InChI is InChI=1S/C14H16N2.H2/c1-3-10(2)11-4-5-13-12(6-7-15)9-16-14(13)8-11;/h4-5,8-10,16H,3,6H2,1-2H3;1H. The van der Waals surface area contributed by atoms with Gasteiger partial charge in [0, 0.05) is 18.5 Å². The van der Waals surface area contributed by atoms with E-state index in [4.69, 9.17) is 5.26 Å². The predicted molar refractivity (Wildman–Crippen MR) is 68.4 cm³/mol. The van der Waals surface area contributed by atoms with E-state index in [1.54, 1.807) is 0 Å². The van der Waals surface area contributed by atoms with Crippen molar-refractivity contribution in [3.63, 3.8) is 0 Å². The first-order chi connectivity index (χ1) is 7.76. The highest BCUT2D eigenvalue weighted by Crippen LogP contribution is 2.25. The second kappa shape index (κ2) is 4.40. The molecule has 0 spiro atoms. The summed E-state index contributed by atoms with van der Waals surface area (Å²) in [7, 11) is 0. The molecular formula is C14H18N2. The number of aromatic amines is 1. The Morgan fingerprint density at radius 1 is 1.50 bits per heavy atom.